The molecule has 0 saturated carbocycles. The Hall–Kier alpha value is -2.22. The highest BCUT2D eigenvalue weighted by molar-refractivity contribution is 14.0. The van der Waals surface area contributed by atoms with Crippen LogP contribution in [0.15, 0.2) is 29.5 Å². The smallest absolute Gasteiger partial charge is 0.191 e. The van der Waals surface area contributed by atoms with Gasteiger partial charge < -0.3 is 15.2 Å². The number of halogens is 2. The molecule has 25 heavy (non-hydrogen) atoms. The van der Waals surface area contributed by atoms with E-state index in [0.717, 1.165) is 12.2 Å². The zero-order chi connectivity index (χ0) is 17.4. The fraction of sp³-hybridized carbons (Fsp3) is 0.375. The number of hydrogen-bond acceptors (Lipinski definition) is 4. The Morgan fingerprint density at radius 2 is 2.20 bits per heavy atom. The maximum atomic E-state index is 13.8. The number of hydrogen-bond donors (Lipinski definition) is 2. The van der Waals surface area contributed by atoms with Crippen molar-refractivity contribution in [3.05, 3.63) is 47.3 Å². The van der Waals surface area contributed by atoms with Crippen LogP contribution in [0.3, 0.4) is 0 Å². The number of rotatable bonds is 6. The van der Waals surface area contributed by atoms with Crippen LogP contribution in [0.5, 0.6) is 0 Å². The normalized spacial score (nSPS) is 10.7. The van der Waals surface area contributed by atoms with E-state index in [-0.39, 0.29) is 36.3 Å². The van der Waals surface area contributed by atoms with Crippen LogP contribution in [-0.2, 0) is 19.5 Å². The fourth-order valence-corrected chi connectivity index (χ4v) is 2.21. The molecular weight excluding hydrogens is 436 g/mol. The monoisotopic (exact) mass is 457 g/mol. The molecule has 2 rings (SSSR count). The molecule has 0 amide bonds. The minimum absolute atomic E-state index is 0. The number of benzene rings is 1. The van der Waals surface area contributed by atoms with E-state index in [4.69, 9.17) is 5.26 Å². The summed E-state index contributed by atoms with van der Waals surface area (Å²) >= 11 is 0. The van der Waals surface area contributed by atoms with Gasteiger partial charge in [0.2, 0.25) is 0 Å². The number of nitrogens with one attached hydrogen (secondary N) is 2. The number of nitriles is 1. The van der Waals surface area contributed by atoms with Crippen molar-refractivity contribution in [2.45, 2.75) is 26.4 Å². The molecule has 1 aromatic carbocycles. The summed E-state index contributed by atoms with van der Waals surface area (Å²) in [4.78, 5) is 4.10. The van der Waals surface area contributed by atoms with Crippen molar-refractivity contribution in [3.63, 3.8) is 0 Å². The van der Waals surface area contributed by atoms with E-state index in [1.54, 1.807) is 13.4 Å². The van der Waals surface area contributed by atoms with Crippen LogP contribution in [0.25, 0.3) is 0 Å². The van der Waals surface area contributed by atoms with Crippen LogP contribution < -0.4 is 10.6 Å². The van der Waals surface area contributed by atoms with Gasteiger partial charge in [-0.05, 0) is 18.2 Å². The molecule has 0 saturated heterocycles. The average molecular weight is 457 g/mol. The third-order valence-electron chi connectivity index (χ3n) is 3.50. The molecule has 7 nitrogen and oxygen atoms in total. The van der Waals surface area contributed by atoms with E-state index in [1.165, 1.54) is 18.2 Å². The standard InChI is InChI=1S/C16H20FN7.HI/c1-3-15-23-22-11-24(15)7-6-20-16(19-2)21-10-13-8-12(9-18)4-5-14(13)17;/h4-5,8,11H,3,6-7,10H2,1-2H3,(H2,19,20,21);1H. The Bertz CT molecular complexity index is 751. The van der Waals surface area contributed by atoms with Crippen molar-refractivity contribution in [1.82, 2.24) is 25.4 Å². The van der Waals surface area contributed by atoms with E-state index >= 15 is 0 Å². The largest absolute Gasteiger partial charge is 0.355 e. The Morgan fingerprint density at radius 1 is 1.40 bits per heavy atom. The van der Waals surface area contributed by atoms with Gasteiger partial charge in [0.1, 0.15) is 18.0 Å². The number of aryl methyl sites for hydroxylation is 1. The lowest BCUT2D eigenvalue weighted by molar-refractivity contribution is 0.601. The van der Waals surface area contributed by atoms with Crippen molar-refractivity contribution in [2.75, 3.05) is 13.6 Å². The molecule has 134 valence electrons. The van der Waals surface area contributed by atoms with Gasteiger partial charge in [-0.15, -0.1) is 34.2 Å². The fourth-order valence-electron chi connectivity index (χ4n) is 2.21. The molecule has 0 aliphatic carbocycles. The van der Waals surface area contributed by atoms with Gasteiger partial charge in [0.15, 0.2) is 5.96 Å². The highest BCUT2D eigenvalue weighted by Crippen LogP contribution is 2.09. The van der Waals surface area contributed by atoms with Gasteiger partial charge in [0.25, 0.3) is 0 Å². The van der Waals surface area contributed by atoms with Crippen molar-refractivity contribution in [1.29, 1.82) is 5.26 Å². The van der Waals surface area contributed by atoms with Gasteiger partial charge in [-0.2, -0.15) is 5.26 Å². The zero-order valence-electron chi connectivity index (χ0n) is 14.2. The van der Waals surface area contributed by atoms with E-state index in [9.17, 15) is 4.39 Å². The topological polar surface area (TPSA) is 90.9 Å². The maximum absolute atomic E-state index is 13.8. The third-order valence-corrected chi connectivity index (χ3v) is 3.50. The molecule has 1 heterocycles. The summed E-state index contributed by atoms with van der Waals surface area (Å²) in [5.41, 5.74) is 0.847. The summed E-state index contributed by atoms with van der Waals surface area (Å²) in [6, 6.07) is 6.28. The summed E-state index contributed by atoms with van der Waals surface area (Å²) in [5, 5.41) is 23.0. The lowest BCUT2D eigenvalue weighted by Crippen LogP contribution is -2.38. The molecule has 0 fully saturated rings. The Kier molecular flexibility index (Phi) is 8.83. The van der Waals surface area contributed by atoms with Crippen molar-refractivity contribution < 1.29 is 4.39 Å². The van der Waals surface area contributed by atoms with Crippen LogP contribution in [-0.4, -0.2) is 34.3 Å². The van der Waals surface area contributed by atoms with Crippen LogP contribution in [0.2, 0.25) is 0 Å². The van der Waals surface area contributed by atoms with Crippen molar-refractivity contribution >= 4 is 29.9 Å². The lowest BCUT2D eigenvalue weighted by atomic mass is 10.1. The predicted molar refractivity (Wildman–Crippen MR) is 104 cm³/mol. The highest BCUT2D eigenvalue weighted by atomic mass is 127. The second-order valence-electron chi connectivity index (χ2n) is 5.06. The van der Waals surface area contributed by atoms with E-state index in [2.05, 4.69) is 25.8 Å². The summed E-state index contributed by atoms with van der Waals surface area (Å²) in [7, 11) is 1.65. The zero-order valence-corrected chi connectivity index (χ0v) is 16.5. The Morgan fingerprint density at radius 3 is 2.88 bits per heavy atom. The van der Waals surface area contributed by atoms with Crippen LogP contribution in [0.1, 0.15) is 23.9 Å². The predicted octanol–water partition coefficient (Wildman–Crippen LogP) is 1.83. The quantitative estimate of drug-likeness (QED) is 0.393. The van der Waals surface area contributed by atoms with Crippen LogP contribution in [0, 0.1) is 17.1 Å². The number of guanidine groups is 1. The maximum Gasteiger partial charge on any atom is 0.191 e. The molecule has 0 radical (unpaired) electrons. The van der Waals surface area contributed by atoms with Gasteiger partial charge in [-0.3, -0.25) is 4.99 Å². The molecule has 0 bridgehead atoms. The van der Waals surface area contributed by atoms with Gasteiger partial charge in [0.05, 0.1) is 11.6 Å². The number of nitrogens with zero attached hydrogens (tertiary/aromatic N) is 5. The number of aliphatic imine (C=N–C) groups is 1. The summed E-state index contributed by atoms with van der Waals surface area (Å²) < 4.78 is 15.7. The molecule has 2 aromatic rings. The van der Waals surface area contributed by atoms with Crippen molar-refractivity contribution in [3.8, 4) is 6.07 Å². The number of aromatic nitrogens is 3. The minimum Gasteiger partial charge on any atom is -0.355 e. The first-order valence-corrected chi connectivity index (χ1v) is 7.67. The SMILES string of the molecule is CCc1nncn1CCNC(=NC)NCc1cc(C#N)ccc1F.I. The second-order valence-corrected chi connectivity index (χ2v) is 5.06. The summed E-state index contributed by atoms with van der Waals surface area (Å²) in [6.07, 6.45) is 2.51. The van der Waals surface area contributed by atoms with Gasteiger partial charge in [0, 0.05) is 38.7 Å². The molecule has 0 aliphatic heterocycles. The van der Waals surface area contributed by atoms with Gasteiger partial charge in [-0.1, -0.05) is 6.92 Å². The van der Waals surface area contributed by atoms with Gasteiger partial charge in [-0.25, -0.2) is 4.39 Å². The molecular formula is C16H21FIN7. The first kappa shape index (κ1) is 20.8. The van der Waals surface area contributed by atoms with Crippen LogP contribution in [0.4, 0.5) is 4.39 Å². The van der Waals surface area contributed by atoms with E-state index in [1.807, 2.05) is 17.6 Å². The molecule has 2 N–H and O–H groups in total. The third kappa shape index (κ3) is 5.97. The lowest BCUT2D eigenvalue weighted by Gasteiger charge is -2.13. The first-order valence-electron chi connectivity index (χ1n) is 7.67. The Balaban J connectivity index is 0.00000312. The van der Waals surface area contributed by atoms with Crippen LogP contribution >= 0.6 is 24.0 Å². The minimum atomic E-state index is -0.353. The molecule has 0 spiro atoms. The molecule has 0 atom stereocenters. The second kappa shape index (κ2) is 10.6. The molecule has 1 aromatic heterocycles. The molecule has 9 heteroatoms. The highest BCUT2D eigenvalue weighted by Gasteiger charge is 2.06. The summed E-state index contributed by atoms with van der Waals surface area (Å²) in [5.74, 6) is 1.13. The van der Waals surface area contributed by atoms with Crippen molar-refractivity contribution in [2.24, 2.45) is 4.99 Å². The average Bonchev–Trinajstić information content (AvgIpc) is 3.06. The molecule has 0 unspecified atom stereocenters. The first-order chi connectivity index (χ1) is 11.7. The van der Waals surface area contributed by atoms with E-state index in [0.29, 0.717) is 30.2 Å². The van der Waals surface area contributed by atoms with E-state index < -0.39 is 0 Å². The Labute approximate surface area is 163 Å². The van der Waals surface area contributed by atoms with Gasteiger partial charge >= 0.3 is 0 Å². The molecule has 0 aliphatic rings. The summed E-state index contributed by atoms with van der Waals surface area (Å²) in [6.45, 7) is 3.60.